The molecule has 8 heteroatoms. The van der Waals surface area contributed by atoms with Gasteiger partial charge in [-0.25, -0.2) is 14.8 Å². The van der Waals surface area contributed by atoms with Crippen molar-refractivity contribution in [1.29, 1.82) is 0 Å². The lowest BCUT2D eigenvalue weighted by molar-refractivity contribution is 0.0588. The number of carbonyl (C=O) groups is 1. The highest BCUT2D eigenvalue weighted by molar-refractivity contribution is 5.88. The molecule has 1 aromatic heterocycles. The molecule has 0 aliphatic rings. The van der Waals surface area contributed by atoms with Crippen LogP contribution in [0.2, 0.25) is 0 Å². The van der Waals surface area contributed by atoms with E-state index < -0.39 is 11.7 Å². The molecule has 0 aliphatic carbocycles. The Labute approximate surface area is 104 Å². The summed E-state index contributed by atoms with van der Waals surface area (Å²) in [5, 5.41) is 3.36. The van der Waals surface area contributed by atoms with Crippen LogP contribution in [0.15, 0.2) is 17.5 Å². The quantitative estimate of drug-likeness (QED) is 0.457. The molecular weight excluding hydrogens is 236 g/mol. The molecule has 0 saturated heterocycles. The number of azide groups is 1. The van der Waals surface area contributed by atoms with Gasteiger partial charge in [0.2, 0.25) is 0 Å². The standard InChI is InChI=1S/C10H14N6O2/c1-10(2,3)18-9(17)16(4)8-7(14-15-11)12-5-6-13-8/h5-6H,1-4H3. The first-order chi connectivity index (χ1) is 8.35. The van der Waals surface area contributed by atoms with Gasteiger partial charge in [0, 0.05) is 24.4 Å². The first kappa shape index (κ1) is 13.7. The summed E-state index contributed by atoms with van der Waals surface area (Å²) < 4.78 is 5.17. The fraction of sp³-hybridized carbons (Fsp3) is 0.500. The highest BCUT2D eigenvalue weighted by atomic mass is 16.6. The van der Waals surface area contributed by atoms with E-state index in [1.807, 2.05) is 0 Å². The Hall–Kier alpha value is -2.34. The molecule has 0 unspecified atom stereocenters. The van der Waals surface area contributed by atoms with Crippen molar-refractivity contribution in [2.45, 2.75) is 26.4 Å². The number of carbonyl (C=O) groups excluding carboxylic acids is 1. The van der Waals surface area contributed by atoms with Gasteiger partial charge in [0.25, 0.3) is 0 Å². The normalized spacial score (nSPS) is 10.4. The monoisotopic (exact) mass is 250 g/mol. The highest BCUT2D eigenvalue weighted by Gasteiger charge is 2.22. The van der Waals surface area contributed by atoms with Gasteiger partial charge in [0.1, 0.15) is 5.60 Å². The molecule has 0 spiro atoms. The van der Waals surface area contributed by atoms with Crippen LogP contribution >= 0.6 is 0 Å². The molecule has 0 bridgehead atoms. The van der Waals surface area contributed by atoms with E-state index in [1.54, 1.807) is 20.8 Å². The summed E-state index contributed by atoms with van der Waals surface area (Å²) in [6, 6.07) is 0. The maximum absolute atomic E-state index is 11.8. The first-order valence-corrected chi connectivity index (χ1v) is 5.18. The van der Waals surface area contributed by atoms with Gasteiger partial charge in [-0.15, -0.1) is 0 Å². The minimum absolute atomic E-state index is 0.0216. The fourth-order valence-corrected chi connectivity index (χ4v) is 1.09. The number of rotatable bonds is 2. The summed E-state index contributed by atoms with van der Waals surface area (Å²) in [5.74, 6) is 0.165. The average molecular weight is 250 g/mol. The van der Waals surface area contributed by atoms with E-state index in [1.165, 1.54) is 19.4 Å². The van der Waals surface area contributed by atoms with Gasteiger partial charge in [-0.1, -0.05) is 0 Å². The molecule has 1 rings (SSSR count). The van der Waals surface area contributed by atoms with Crippen molar-refractivity contribution < 1.29 is 9.53 Å². The number of amides is 1. The molecule has 0 fully saturated rings. The van der Waals surface area contributed by atoms with E-state index >= 15 is 0 Å². The summed E-state index contributed by atoms with van der Waals surface area (Å²) in [6.07, 6.45) is 2.17. The lowest BCUT2D eigenvalue weighted by atomic mass is 10.2. The third-order valence-electron chi connectivity index (χ3n) is 1.78. The topological polar surface area (TPSA) is 104 Å². The van der Waals surface area contributed by atoms with Crippen molar-refractivity contribution in [3.63, 3.8) is 0 Å². The van der Waals surface area contributed by atoms with Crippen molar-refractivity contribution in [2.24, 2.45) is 5.11 Å². The van der Waals surface area contributed by atoms with E-state index in [0.29, 0.717) is 0 Å². The van der Waals surface area contributed by atoms with Crippen molar-refractivity contribution in [1.82, 2.24) is 9.97 Å². The average Bonchev–Trinajstić information content (AvgIpc) is 2.27. The van der Waals surface area contributed by atoms with E-state index in [0.717, 1.165) is 4.90 Å². The Bertz CT molecular complexity index is 489. The molecule has 0 aliphatic heterocycles. The molecule has 0 N–H and O–H groups in total. The number of hydrogen-bond donors (Lipinski definition) is 0. The number of hydrogen-bond acceptors (Lipinski definition) is 5. The molecule has 8 nitrogen and oxygen atoms in total. The summed E-state index contributed by atoms with van der Waals surface area (Å²) in [4.78, 5) is 23.4. The predicted octanol–water partition coefficient (Wildman–Crippen LogP) is 2.79. The summed E-state index contributed by atoms with van der Waals surface area (Å²) in [5.41, 5.74) is 7.79. The lowest BCUT2D eigenvalue weighted by Gasteiger charge is -2.24. The second-order valence-corrected chi connectivity index (χ2v) is 4.43. The highest BCUT2D eigenvalue weighted by Crippen LogP contribution is 2.23. The fourth-order valence-electron chi connectivity index (χ4n) is 1.09. The first-order valence-electron chi connectivity index (χ1n) is 5.18. The number of anilines is 1. The lowest BCUT2D eigenvalue weighted by Crippen LogP contribution is -2.34. The molecule has 0 radical (unpaired) electrons. The van der Waals surface area contributed by atoms with Gasteiger partial charge in [0.15, 0.2) is 11.6 Å². The minimum Gasteiger partial charge on any atom is -0.443 e. The van der Waals surface area contributed by atoms with Crippen LogP contribution in [0, 0.1) is 0 Å². The van der Waals surface area contributed by atoms with E-state index in [-0.39, 0.29) is 11.6 Å². The molecule has 96 valence electrons. The Balaban J connectivity index is 3.00. The number of nitrogens with zero attached hydrogens (tertiary/aromatic N) is 6. The molecule has 1 aromatic rings. The molecule has 0 saturated carbocycles. The molecule has 0 aromatic carbocycles. The van der Waals surface area contributed by atoms with Gasteiger partial charge in [-0.2, -0.15) is 0 Å². The molecule has 1 heterocycles. The maximum Gasteiger partial charge on any atom is 0.415 e. The second-order valence-electron chi connectivity index (χ2n) is 4.43. The van der Waals surface area contributed by atoms with Crippen LogP contribution in [0.25, 0.3) is 10.4 Å². The summed E-state index contributed by atoms with van der Waals surface area (Å²) in [6.45, 7) is 5.26. The van der Waals surface area contributed by atoms with Crippen molar-refractivity contribution in [3.05, 3.63) is 22.8 Å². The van der Waals surface area contributed by atoms with Crippen LogP contribution in [0.1, 0.15) is 20.8 Å². The minimum atomic E-state index is -0.619. The van der Waals surface area contributed by atoms with E-state index in [2.05, 4.69) is 20.0 Å². The van der Waals surface area contributed by atoms with Gasteiger partial charge in [-0.3, -0.25) is 4.90 Å². The zero-order valence-electron chi connectivity index (χ0n) is 10.7. The Morgan fingerprint density at radius 1 is 1.44 bits per heavy atom. The van der Waals surface area contributed by atoms with Crippen molar-refractivity contribution >= 4 is 17.7 Å². The second kappa shape index (κ2) is 5.33. The van der Waals surface area contributed by atoms with E-state index in [9.17, 15) is 4.79 Å². The Morgan fingerprint density at radius 3 is 2.61 bits per heavy atom. The number of ether oxygens (including phenoxy) is 1. The van der Waals surface area contributed by atoms with Gasteiger partial charge in [0.05, 0.1) is 0 Å². The van der Waals surface area contributed by atoms with E-state index in [4.69, 9.17) is 10.3 Å². The van der Waals surface area contributed by atoms with Crippen molar-refractivity contribution in [3.8, 4) is 0 Å². The molecule has 18 heavy (non-hydrogen) atoms. The maximum atomic E-state index is 11.8. The third kappa shape index (κ3) is 3.60. The Kier molecular flexibility index (Phi) is 4.06. The molecular formula is C10H14N6O2. The van der Waals surface area contributed by atoms with Crippen LogP contribution < -0.4 is 4.90 Å². The zero-order valence-corrected chi connectivity index (χ0v) is 10.7. The molecule has 1 amide bonds. The zero-order chi connectivity index (χ0) is 13.8. The largest absolute Gasteiger partial charge is 0.443 e. The van der Waals surface area contributed by atoms with Gasteiger partial charge in [-0.05, 0) is 31.4 Å². The third-order valence-corrected chi connectivity index (χ3v) is 1.78. The van der Waals surface area contributed by atoms with Crippen LogP contribution in [-0.2, 0) is 4.74 Å². The van der Waals surface area contributed by atoms with Crippen molar-refractivity contribution in [2.75, 3.05) is 11.9 Å². The summed E-state index contributed by atoms with van der Waals surface area (Å²) in [7, 11) is 1.47. The SMILES string of the molecule is CN(C(=O)OC(C)(C)C)c1nccnc1N=[N+]=[N-]. The van der Waals surface area contributed by atoms with Gasteiger partial charge < -0.3 is 4.74 Å². The van der Waals surface area contributed by atoms with Crippen LogP contribution in [0.3, 0.4) is 0 Å². The van der Waals surface area contributed by atoms with Gasteiger partial charge >= 0.3 is 6.09 Å². The number of aromatic nitrogens is 2. The van der Waals surface area contributed by atoms with Crippen LogP contribution in [0.4, 0.5) is 16.4 Å². The summed E-state index contributed by atoms with van der Waals surface area (Å²) >= 11 is 0. The molecule has 0 atom stereocenters. The predicted molar refractivity (Wildman–Crippen MR) is 65.5 cm³/mol. The van der Waals surface area contributed by atoms with Crippen LogP contribution in [-0.4, -0.2) is 28.7 Å². The smallest absolute Gasteiger partial charge is 0.415 e. The Morgan fingerprint density at radius 2 is 2.06 bits per heavy atom. The van der Waals surface area contributed by atoms with Crippen LogP contribution in [0.5, 0.6) is 0 Å².